The van der Waals surface area contributed by atoms with E-state index in [0.717, 1.165) is 0 Å². The molecule has 0 aromatic heterocycles. The van der Waals surface area contributed by atoms with E-state index in [2.05, 4.69) is 0 Å². The van der Waals surface area contributed by atoms with E-state index >= 15 is 0 Å². The van der Waals surface area contributed by atoms with Gasteiger partial charge in [0.15, 0.2) is 0 Å². The standard InChI is InChI=1S/C19H14F5NO2/c1-27-15-8-4-5-11-10-25(18(26)19(22,23)24)14-7-3-2-6-12(14)13(17(11)15)9-16(20)21/h2-9,16H,10H2,1H3/b13-9+. The van der Waals surface area contributed by atoms with Gasteiger partial charge in [0, 0.05) is 11.1 Å². The van der Waals surface area contributed by atoms with Gasteiger partial charge in [0.2, 0.25) is 0 Å². The molecule has 1 heterocycles. The van der Waals surface area contributed by atoms with Gasteiger partial charge in [0.1, 0.15) is 5.75 Å². The van der Waals surface area contributed by atoms with E-state index in [1.165, 1.54) is 49.6 Å². The number of amides is 1. The fourth-order valence-corrected chi connectivity index (χ4v) is 3.14. The average Bonchev–Trinajstić information content (AvgIpc) is 2.75. The molecule has 3 rings (SSSR count). The van der Waals surface area contributed by atoms with Crippen molar-refractivity contribution in [2.45, 2.75) is 19.1 Å². The Labute approximate surface area is 151 Å². The Kier molecular flexibility index (Phi) is 4.91. The molecule has 2 aromatic rings. The summed E-state index contributed by atoms with van der Waals surface area (Å²) in [6.45, 7) is -0.428. The second-order valence-electron chi connectivity index (χ2n) is 5.82. The van der Waals surface area contributed by atoms with Crippen LogP contribution in [0.4, 0.5) is 27.6 Å². The van der Waals surface area contributed by atoms with Crippen molar-refractivity contribution in [3.63, 3.8) is 0 Å². The molecule has 0 saturated heterocycles. The Bertz CT molecular complexity index is 905. The number of rotatable bonds is 2. The summed E-state index contributed by atoms with van der Waals surface area (Å²) in [6.07, 6.45) is -7.30. The van der Waals surface area contributed by atoms with Crippen LogP contribution in [0.3, 0.4) is 0 Å². The smallest absolute Gasteiger partial charge is 0.471 e. The van der Waals surface area contributed by atoms with Gasteiger partial charge in [0.25, 0.3) is 6.43 Å². The molecule has 0 aliphatic carbocycles. The van der Waals surface area contributed by atoms with Gasteiger partial charge in [-0.15, -0.1) is 0 Å². The molecule has 1 aliphatic heterocycles. The van der Waals surface area contributed by atoms with E-state index in [4.69, 9.17) is 4.74 Å². The maximum absolute atomic E-state index is 13.2. The minimum Gasteiger partial charge on any atom is -0.496 e. The molecule has 142 valence electrons. The van der Waals surface area contributed by atoms with Crippen LogP contribution in [-0.4, -0.2) is 25.6 Å². The van der Waals surface area contributed by atoms with Gasteiger partial charge in [-0.1, -0.05) is 30.3 Å². The highest BCUT2D eigenvalue weighted by molar-refractivity contribution is 6.03. The zero-order valence-electron chi connectivity index (χ0n) is 14.1. The largest absolute Gasteiger partial charge is 0.496 e. The highest BCUT2D eigenvalue weighted by atomic mass is 19.4. The number of alkyl halides is 5. The second-order valence-corrected chi connectivity index (χ2v) is 5.82. The normalized spacial score (nSPS) is 15.4. The van der Waals surface area contributed by atoms with Gasteiger partial charge < -0.3 is 4.74 Å². The Morgan fingerprint density at radius 2 is 1.85 bits per heavy atom. The molecule has 3 nitrogen and oxygen atoms in total. The van der Waals surface area contributed by atoms with Crippen molar-refractivity contribution in [1.82, 2.24) is 0 Å². The van der Waals surface area contributed by atoms with E-state index < -0.39 is 25.1 Å². The lowest BCUT2D eigenvalue weighted by Crippen LogP contribution is -2.40. The number of halogens is 5. The number of hydrogen-bond donors (Lipinski definition) is 0. The van der Waals surface area contributed by atoms with Crippen LogP contribution in [0.5, 0.6) is 5.75 Å². The molecule has 0 bridgehead atoms. The number of para-hydroxylation sites is 1. The number of anilines is 1. The van der Waals surface area contributed by atoms with E-state index in [1.54, 1.807) is 0 Å². The van der Waals surface area contributed by atoms with Crippen LogP contribution < -0.4 is 9.64 Å². The molecule has 0 unspecified atom stereocenters. The molecule has 2 aromatic carbocycles. The molecule has 0 saturated carbocycles. The number of carbonyl (C=O) groups excluding carboxylic acids is 1. The SMILES string of the molecule is COc1cccc2c1/C(=C/C(F)F)c1ccccc1N(C(=O)C(F)(F)F)C2. The minimum atomic E-state index is -5.11. The van der Waals surface area contributed by atoms with Crippen LogP contribution >= 0.6 is 0 Å². The monoisotopic (exact) mass is 383 g/mol. The number of ether oxygens (including phenoxy) is 1. The molecule has 0 N–H and O–H groups in total. The summed E-state index contributed by atoms with van der Waals surface area (Å²) >= 11 is 0. The summed E-state index contributed by atoms with van der Waals surface area (Å²) in [5.41, 5.74) is 0.537. The Morgan fingerprint density at radius 3 is 2.48 bits per heavy atom. The summed E-state index contributed by atoms with van der Waals surface area (Å²) in [5, 5.41) is 0. The summed E-state index contributed by atoms with van der Waals surface area (Å²) in [5.74, 6) is -1.84. The molecule has 0 spiro atoms. The van der Waals surface area contributed by atoms with Crippen molar-refractivity contribution in [3.8, 4) is 5.75 Å². The second kappa shape index (κ2) is 7.02. The van der Waals surface area contributed by atoms with Crippen LogP contribution in [0.1, 0.15) is 16.7 Å². The summed E-state index contributed by atoms with van der Waals surface area (Å²) < 4.78 is 71.1. The van der Waals surface area contributed by atoms with Crippen molar-refractivity contribution < 1.29 is 31.5 Å². The molecule has 27 heavy (non-hydrogen) atoms. The van der Waals surface area contributed by atoms with Gasteiger partial charge in [-0.3, -0.25) is 9.69 Å². The molecular formula is C19H14F5NO2. The third-order valence-electron chi connectivity index (χ3n) is 4.20. The van der Waals surface area contributed by atoms with E-state index in [9.17, 15) is 26.7 Å². The van der Waals surface area contributed by atoms with Crippen LogP contribution in [0.25, 0.3) is 5.57 Å². The fraction of sp³-hybridized carbons (Fsp3) is 0.211. The first-order valence-corrected chi connectivity index (χ1v) is 7.88. The lowest BCUT2D eigenvalue weighted by Gasteiger charge is -2.24. The third kappa shape index (κ3) is 3.51. The number of carbonyl (C=O) groups is 1. The molecule has 0 radical (unpaired) electrons. The zero-order chi connectivity index (χ0) is 19.8. The fourth-order valence-electron chi connectivity index (χ4n) is 3.14. The number of fused-ring (bicyclic) bond motifs is 2. The minimum absolute atomic E-state index is 0.0190. The Morgan fingerprint density at radius 1 is 1.15 bits per heavy atom. The molecular weight excluding hydrogens is 369 g/mol. The predicted octanol–water partition coefficient (Wildman–Crippen LogP) is 4.80. The first kappa shape index (κ1) is 18.9. The molecule has 0 atom stereocenters. The van der Waals surface area contributed by atoms with Gasteiger partial charge >= 0.3 is 12.1 Å². The maximum atomic E-state index is 13.2. The number of allylic oxidation sites excluding steroid dienone is 1. The van der Waals surface area contributed by atoms with E-state index in [-0.39, 0.29) is 33.7 Å². The van der Waals surface area contributed by atoms with Gasteiger partial charge in [-0.05, 0) is 29.3 Å². The Hall–Kier alpha value is -2.90. The number of nitrogens with zero attached hydrogens (tertiary/aromatic N) is 1. The molecule has 1 amide bonds. The van der Waals surface area contributed by atoms with Gasteiger partial charge in [-0.2, -0.15) is 13.2 Å². The highest BCUT2D eigenvalue weighted by Crippen LogP contribution is 2.43. The van der Waals surface area contributed by atoms with Crippen molar-refractivity contribution in [3.05, 3.63) is 65.2 Å². The summed E-state index contributed by atoms with van der Waals surface area (Å²) in [7, 11) is 1.34. The number of benzene rings is 2. The zero-order valence-corrected chi connectivity index (χ0v) is 14.1. The van der Waals surface area contributed by atoms with Gasteiger partial charge in [-0.25, -0.2) is 8.78 Å². The molecule has 1 aliphatic rings. The van der Waals surface area contributed by atoms with Crippen molar-refractivity contribution in [2.75, 3.05) is 12.0 Å². The maximum Gasteiger partial charge on any atom is 0.471 e. The van der Waals surface area contributed by atoms with E-state index in [1.807, 2.05) is 0 Å². The van der Waals surface area contributed by atoms with E-state index in [0.29, 0.717) is 11.0 Å². The topological polar surface area (TPSA) is 29.5 Å². The average molecular weight is 383 g/mol. The lowest BCUT2D eigenvalue weighted by molar-refractivity contribution is -0.170. The quantitative estimate of drug-likeness (QED) is 0.698. The first-order chi connectivity index (χ1) is 12.7. The Balaban J connectivity index is 2.35. The predicted molar refractivity (Wildman–Crippen MR) is 89.8 cm³/mol. The van der Waals surface area contributed by atoms with Gasteiger partial charge in [0.05, 0.1) is 19.3 Å². The first-order valence-electron chi connectivity index (χ1n) is 7.88. The summed E-state index contributed by atoms with van der Waals surface area (Å²) in [6, 6.07) is 10.2. The number of hydrogen-bond acceptors (Lipinski definition) is 2. The third-order valence-corrected chi connectivity index (χ3v) is 4.20. The highest BCUT2D eigenvalue weighted by Gasteiger charge is 2.44. The van der Waals surface area contributed by atoms with Crippen LogP contribution in [0.15, 0.2) is 48.5 Å². The van der Waals surface area contributed by atoms with Crippen LogP contribution in [0, 0.1) is 0 Å². The lowest BCUT2D eigenvalue weighted by atomic mass is 9.93. The molecule has 8 heteroatoms. The van der Waals surface area contributed by atoms with Crippen LogP contribution in [0.2, 0.25) is 0 Å². The molecule has 0 fully saturated rings. The van der Waals surface area contributed by atoms with Crippen molar-refractivity contribution in [2.24, 2.45) is 0 Å². The summed E-state index contributed by atoms with van der Waals surface area (Å²) in [4.78, 5) is 12.6. The van der Waals surface area contributed by atoms with Crippen molar-refractivity contribution in [1.29, 1.82) is 0 Å². The van der Waals surface area contributed by atoms with Crippen molar-refractivity contribution >= 4 is 17.2 Å². The number of methoxy groups -OCH3 is 1. The van der Waals surface area contributed by atoms with Crippen LogP contribution in [-0.2, 0) is 11.3 Å².